The van der Waals surface area contributed by atoms with Gasteiger partial charge in [-0.25, -0.2) is 9.78 Å². The monoisotopic (exact) mass is 644 g/mol. The molecular formula is C34H30Cl2N4O5. The van der Waals surface area contributed by atoms with Crippen LogP contribution < -0.4 is 10.1 Å². The number of halogens is 2. The van der Waals surface area contributed by atoms with Gasteiger partial charge in [0.25, 0.3) is 0 Å². The second-order valence-corrected chi connectivity index (χ2v) is 11.9. The van der Waals surface area contributed by atoms with Crippen molar-refractivity contribution in [1.29, 1.82) is 0 Å². The number of pyridine rings is 2. The zero-order valence-electron chi connectivity index (χ0n) is 24.5. The molecule has 11 heteroatoms. The van der Waals surface area contributed by atoms with Gasteiger partial charge < -0.3 is 20.1 Å². The number of fused-ring (bicyclic) bond motifs is 1. The number of methoxy groups -OCH3 is 1. The molecule has 1 atom stereocenters. The van der Waals surface area contributed by atoms with E-state index in [4.69, 9.17) is 27.9 Å². The number of rotatable bonds is 8. The van der Waals surface area contributed by atoms with E-state index in [1.165, 1.54) is 12.0 Å². The fraction of sp³-hybridized carbons (Fsp3) is 0.265. The number of carboxylic acid groups (broad SMARTS) is 1. The molecule has 0 spiro atoms. The SMILES string of the molecule is COc1nc(-c2cccc(-c3cccc(-c4cnc5c(c4)CCCC5=O)c3Cl)c2Cl)ccc1CN(C[C@@H]1CCC(=O)N1)C(=O)O. The summed E-state index contributed by atoms with van der Waals surface area (Å²) in [7, 11) is 1.48. The van der Waals surface area contributed by atoms with Gasteiger partial charge in [-0.1, -0.05) is 59.6 Å². The van der Waals surface area contributed by atoms with E-state index in [0.29, 0.717) is 57.4 Å². The predicted molar refractivity (Wildman–Crippen MR) is 172 cm³/mol. The van der Waals surface area contributed by atoms with E-state index < -0.39 is 6.09 Å². The van der Waals surface area contributed by atoms with Crippen LogP contribution >= 0.6 is 23.2 Å². The van der Waals surface area contributed by atoms with Crippen molar-refractivity contribution >= 4 is 41.0 Å². The van der Waals surface area contributed by atoms with Gasteiger partial charge in [-0.2, -0.15) is 0 Å². The number of aromatic nitrogens is 2. The third kappa shape index (κ3) is 6.23. The molecule has 2 aliphatic rings. The minimum atomic E-state index is -1.10. The maximum absolute atomic E-state index is 12.3. The van der Waals surface area contributed by atoms with Gasteiger partial charge >= 0.3 is 6.09 Å². The van der Waals surface area contributed by atoms with Crippen molar-refractivity contribution in [2.24, 2.45) is 0 Å². The Labute approximate surface area is 270 Å². The summed E-state index contributed by atoms with van der Waals surface area (Å²) < 4.78 is 5.57. The van der Waals surface area contributed by atoms with Crippen LogP contribution in [-0.2, 0) is 17.8 Å². The molecule has 0 radical (unpaired) electrons. The van der Waals surface area contributed by atoms with Crippen molar-refractivity contribution in [3.8, 4) is 39.4 Å². The molecule has 230 valence electrons. The van der Waals surface area contributed by atoms with Crippen molar-refractivity contribution in [2.75, 3.05) is 13.7 Å². The Morgan fingerprint density at radius 3 is 2.40 bits per heavy atom. The summed E-state index contributed by atoms with van der Waals surface area (Å²) in [6.45, 7) is 0.208. The number of nitrogens with one attached hydrogen (secondary N) is 1. The molecule has 0 bridgehead atoms. The maximum Gasteiger partial charge on any atom is 0.407 e. The van der Waals surface area contributed by atoms with Gasteiger partial charge in [0, 0.05) is 65.0 Å². The number of hydrogen-bond acceptors (Lipinski definition) is 6. The second kappa shape index (κ2) is 12.9. The number of ether oxygens (including phenoxy) is 1. The molecule has 45 heavy (non-hydrogen) atoms. The molecule has 9 nitrogen and oxygen atoms in total. The Morgan fingerprint density at radius 2 is 1.71 bits per heavy atom. The molecule has 2 aromatic carbocycles. The first-order chi connectivity index (χ1) is 21.7. The molecule has 1 aliphatic heterocycles. The predicted octanol–water partition coefficient (Wildman–Crippen LogP) is 7.07. The number of carbonyl (C=O) groups excluding carboxylic acids is 2. The highest BCUT2D eigenvalue weighted by Crippen LogP contribution is 2.42. The number of Topliss-reactive ketones (excluding diaryl/α,β-unsaturated/α-hetero) is 1. The van der Waals surface area contributed by atoms with Crippen molar-refractivity contribution in [3.63, 3.8) is 0 Å². The van der Waals surface area contributed by atoms with Crippen LogP contribution in [0.1, 0.15) is 47.3 Å². The Kier molecular flexibility index (Phi) is 8.74. The van der Waals surface area contributed by atoms with E-state index in [-0.39, 0.29) is 36.7 Å². The highest BCUT2D eigenvalue weighted by atomic mass is 35.5. The van der Waals surface area contributed by atoms with Crippen molar-refractivity contribution in [3.05, 3.63) is 87.7 Å². The van der Waals surface area contributed by atoms with Gasteiger partial charge in [0.1, 0.15) is 5.69 Å². The summed E-state index contributed by atoms with van der Waals surface area (Å²) in [4.78, 5) is 46.3. The van der Waals surface area contributed by atoms with E-state index in [1.54, 1.807) is 18.3 Å². The van der Waals surface area contributed by atoms with Crippen LogP contribution in [0.2, 0.25) is 10.0 Å². The summed E-state index contributed by atoms with van der Waals surface area (Å²) in [5, 5.41) is 13.6. The first-order valence-corrected chi connectivity index (χ1v) is 15.4. The van der Waals surface area contributed by atoms with Crippen LogP contribution in [0.4, 0.5) is 4.79 Å². The first-order valence-electron chi connectivity index (χ1n) is 14.6. The van der Waals surface area contributed by atoms with Crippen LogP contribution in [0.25, 0.3) is 33.5 Å². The molecule has 0 unspecified atom stereocenters. The smallest absolute Gasteiger partial charge is 0.407 e. The van der Waals surface area contributed by atoms with Crippen LogP contribution in [0.15, 0.2) is 60.8 Å². The van der Waals surface area contributed by atoms with E-state index in [0.717, 1.165) is 35.1 Å². The van der Waals surface area contributed by atoms with Crippen molar-refractivity contribution < 1.29 is 24.2 Å². The lowest BCUT2D eigenvalue weighted by Crippen LogP contribution is -2.41. The molecule has 2 amide bonds. The molecule has 2 aromatic heterocycles. The van der Waals surface area contributed by atoms with Gasteiger partial charge in [-0.3, -0.25) is 14.6 Å². The maximum atomic E-state index is 12.3. The largest absolute Gasteiger partial charge is 0.481 e. The van der Waals surface area contributed by atoms with E-state index in [2.05, 4.69) is 15.3 Å². The average molecular weight is 646 g/mol. The molecule has 1 aliphatic carbocycles. The fourth-order valence-corrected chi connectivity index (χ4v) is 6.63. The molecule has 3 heterocycles. The molecule has 1 saturated heterocycles. The third-order valence-corrected chi connectivity index (χ3v) is 9.06. The lowest BCUT2D eigenvalue weighted by atomic mass is 9.92. The van der Waals surface area contributed by atoms with Crippen LogP contribution in [0.5, 0.6) is 5.88 Å². The number of nitrogens with zero attached hydrogens (tertiary/aromatic N) is 3. The molecule has 1 fully saturated rings. The molecule has 2 N–H and O–H groups in total. The zero-order chi connectivity index (χ0) is 31.7. The number of carbonyl (C=O) groups is 3. The minimum absolute atomic E-state index is 0.0417. The van der Waals surface area contributed by atoms with Gasteiger partial charge in [-0.05, 0) is 43.0 Å². The Bertz CT molecular complexity index is 1830. The quantitative estimate of drug-likeness (QED) is 0.210. The van der Waals surface area contributed by atoms with Gasteiger partial charge in [0.2, 0.25) is 11.8 Å². The number of aryl methyl sites for hydroxylation is 1. The highest BCUT2D eigenvalue weighted by Gasteiger charge is 2.27. The number of ketones is 1. The second-order valence-electron chi connectivity index (χ2n) is 11.2. The number of hydrogen-bond donors (Lipinski definition) is 2. The van der Waals surface area contributed by atoms with Crippen LogP contribution in [-0.4, -0.2) is 57.5 Å². The Morgan fingerprint density at radius 1 is 1.00 bits per heavy atom. The van der Waals surface area contributed by atoms with Crippen LogP contribution in [0.3, 0.4) is 0 Å². The average Bonchev–Trinajstić information content (AvgIpc) is 3.45. The summed E-state index contributed by atoms with van der Waals surface area (Å²) >= 11 is 14.0. The lowest BCUT2D eigenvalue weighted by Gasteiger charge is -2.23. The molecule has 4 aromatic rings. The zero-order valence-corrected chi connectivity index (χ0v) is 26.0. The first kappa shape index (κ1) is 30.6. The van der Waals surface area contributed by atoms with Crippen LogP contribution in [0, 0.1) is 0 Å². The Hall–Kier alpha value is -4.47. The molecular weight excluding hydrogens is 615 g/mol. The molecule has 0 saturated carbocycles. The van der Waals surface area contributed by atoms with Crippen molar-refractivity contribution in [2.45, 2.75) is 44.7 Å². The summed E-state index contributed by atoms with van der Waals surface area (Å²) in [5.74, 6) is 0.270. The van der Waals surface area contributed by atoms with Gasteiger partial charge in [0.15, 0.2) is 5.78 Å². The highest BCUT2D eigenvalue weighted by molar-refractivity contribution is 6.39. The minimum Gasteiger partial charge on any atom is -0.481 e. The van der Waals surface area contributed by atoms with E-state index >= 15 is 0 Å². The number of benzene rings is 2. The molecule has 6 rings (SSSR count). The van der Waals surface area contributed by atoms with Gasteiger partial charge in [-0.15, -0.1) is 0 Å². The van der Waals surface area contributed by atoms with E-state index in [1.807, 2.05) is 42.5 Å². The topological polar surface area (TPSA) is 122 Å². The summed E-state index contributed by atoms with van der Waals surface area (Å²) in [6, 6.07) is 16.6. The fourth-order valence-electron chi connectivity index (χ4n) is 5.97. The summed E-state index contributed by atoms with van der Waals surface area (Å²) in [5.41, 5.74) is 6.31. The third-order valence-electron chi connectivity index (χ3n) is 8.25. The van der Waals surface area contributed by atoms with Crippen molar-refractivity contribution in [1.82, 2.24) is 20.2 Å². The lowest BCUT2D eigenvalue weighted by molar-refractivity contribution is -0.119. The summed E-state index contributed by atoms with van der Waals surface area (Å²) in [6.07, 6.45) is 3.70. The number of amides is 2. The van der Waals surface area contributed by atoms with Gasteiger partial charge in [0.05, 0.1) is 29.4 Å². The normalized spacial score (nSPS) is 15.8. The Balaban J connectivity index is 1.30. The standard InChI is InChI=1S/C34H30Cl2N4O5/c1-45-33-20(17-40(34(43)44)18-22-12-14-29(42)38-22)11-13-27(39-33)26-9-4-8-25(31(26)36)24-7-3-6-23(30(24)35)21-15-19-5-2-10-28(41)32(19)37-16-21/h3-4,6-9,11,13,15-16,22H,2,5,10,12,14,17-18H2,1H3,(H,38,42)(H,43,44)/t22-/m0/s1. The van der Waals surface area contributed by atoms with E-state index in [9.17, 15) is 19.5 Å².